The molecule has 0 saturated heterocycles. The van der Waals surface area contributed by atoms with Crippen LogP contribution in [-0.4, -0.2) is 8.40 Å². The molecule has 2 rings (SSSR count). The second-order valence-electron chi connectivity index (χ2n) is 4.54. The van der Waals surface area contributed by atoms with Gasteiger partial charge in [0, 0.05) is 5.56 Å². The van der Waals surface area contributed by atoms with Gasteiger partial charge in [-0.05, 0) is 49.9 Å². The molecule has 0 radical (unpaired) electrons. The fourth-order valence-corrected chi connectivity index (χ4v) is 5.61. The molecule has 0 N–H and O–H groups in total. The predicted molar refractivity (Wildman–Crippen MR) is 70.5 cm³/mol. The van der Waals surface area contributed by atoms with Crippen LogP contribution in [0.1, 0.15) is 35.7 Å². The van der Waals surface area contributed by atoms with Crippen LogP contribution in [0.3, 0.4) is 0 Å². The van der Waals surface area contributed by atoms with E-state index in [0.717, 1.165) is 0 Å². The normalized spacial score (nSPS) is 11.3. The Morgan fingerprint density at radius 1 is 1.12 bits per heavy atom. The molecule has 0 saturated carbocycles. The monoisotopic (exact) mass is 232 g/mol. The molecule has 16 heavy (non-hydrogen) atoms. The molecule has 0 unspecified atom stereocenters. The zero-order chi connectivity index (χ0) is 11.9. The minimum Gasteiger partial charge on any atom is -0.470 e. The third-order valence-corrected chi connectivity index (χ3v) is 6.80. The van der Waals surface area contributed by atoms with Crippen LogP contribution in [0.15, 0.2) is 10.7 Å². The topological polar surface area (TPSA) is 13.1 Å². The Balaban J connectivity index is 2.86. The van der Waals surface area contributed by atoms with Crippen molar-refractivity contribution >= 4 is 8.40 Å². The highest BCUT2D eigenvalue weighted by molar-refractivity contribution is 6.61. The second-order valence-corrected chi connectivity index (χ2v) is 7.26. The van der Waals surface area contributed by atoms with E-state index in [2.05, 4.69) is 34.6 Å². The summed E-state index contributed by atoms with van der Waals surface area (Å²) in [5.41, 5.74) is 5.61. The van der Waals surface area contributed by atoms with Crippen molar-refractivity contribution in [1.82, 2.24) is 0 Å². The molecule has 2 heterocycles. The quantitative estimate of drug-likeness (QED) is 0.715. The molecule has 2 aliphatic rings. The molecule has 0 atom stereocenters. The largest absolute Gasteiger partial charge is 0.470 e. The minimum absolute atomic E-state index is 0.572. The van der Waals surface area contributed by atoms with Crippen LogP contribution in [-0.2, 0) is 12.5 Å². The maximum atomic E-state index is 5.89. The van der Waals surface area contributed by atoms with E-state index in [0.29, 0.717) is 0 Å². The molecular weight excluding hydrogens is 212 g/mol. The van der Waals surface area contributed by atoms with Gasteiger partial charge in [-0.2, -0.15) is 0 Å². The lowest BCUT2D eigenvalue weighted by molar-refractivity contribution is 0.567. The Bertz CT molecular complexity index is 496. The van der Waals surface area contributed by atoms with Crippen molar-refractivity contribution in [2.45, 2.75) is 47.1 Å². The zero-order valence-electron chi connectivity index (χ0n) is 10.9. The number of hydrogen-bond donors (Lipinski definition) is 0. The van der Waals surface area contributed by atoms with Gasteiger partial charge >= 0.3 is 0 Å². The Morgan fingerprint density at radius 2 is 1.81 bits per heavy atom. The summed E-state index contributed by atoms with van der Waals surface area (Å²) in [6.07, 6.45) is 3.11. The summed E-state index contributed by atoms with van der Waals surface area (Å²) in [6, 6.07) is 1.24. The highest BCUT2D eigenvalue weighted by Crippen LogP contribution is 2.35. The van der Waals surface area contributed by atoms with Gasteiger partial charge in [0.15, 0.2) is 0 Å². The van der Waals surface area contributed by atoms with Crippen molar-refractivity contribution in [3.05, 3.63) is 28.1 Å². The van der Waals surface area contributed by atoms with Crippen LogP contribution < -0.4 is 0 Å². The maximum absolute atomic E-state index is 5.89. The van der Waals surface area contributed by atoms with E-state index in [1.165, 1.54) is 40.1 Å². The first kappa shape index (κ1) is 11.6. The lowest BCUT2D eigenvalue weighted by atomic mass is 10.0. The van der Waals surface area contributed by atoms with E-state index in [4.69, 9.17) is 4.42 Å². The van der Waals surface area contributed by atoms with Gasteiger partial charge < -0.3 is 4.42 Å². The van der Waals surface area contributed by atoms with Gasteiger partial charge in [0.1, 0.15) is 5.37 Å². The van der Waals surface area contributed by atoms with Gasteiger partial charge in [-0.25, -0.2) is 0 Å². The lowest BCUT2D eigenvalue weighted by Gasteiger charge is -2.08. The smallest absolute Gasteiger partial charge is 0.108 e. The van der Waals surface area contributed by atoms with E-state index in [1.54, 1.807) is 5.17 Å². The standard InChI is InChI=1S/C14H20OSi/c1-6-12-11(5)13-10(4)9(3)8-15-14(13)16(12)7-2/h8H,6-7H2,1-5H3. The summed E-state index contributed by atoms with van der Waals surface area (Å²) < 4.78 is 5.89. The Hall–Kier alpha value is -0.893. The predicted octanol–water partition coefficient (Wildman–Crippen LogP) is 3.92. The van der Waals surface area contributed by atoms with Gasteiger partial charge in [-0.15, -0.1) is 0 Å². The molecule has 86 valence electrons. The number of aryl methyl sites for hydroxylation is 1. The molecule has 2 aliphatic heterocycles. The van der Waals surface area contributed by atoms with Crippen LogP contribution >= 0.6 is 0 Å². The first-order chi connectivity index (χ1) is 7.61. The zero-order valence-corrected chi connectivity index (χ0v) is 11.9. The molecule has 0 aromatic rings. The Morgan fingerprint density at radius 3 is 2.38 bits per heavy atom. The average molecular weight is 232 g/mol. The number of rotatable bonds is 2. The third-order valence-electron chi connectivity index (χ3n) is 3.72. The Kier molecular flexibility index (Phi) is 3.02. The van der Waals surface area contributed by atoms with Crippen molar-refractivity contribution in [3.63, 3.8) is 0 Å². The first-order valence-corrected chi connectivity index (χ1v) is 7.81. The van der Waals surface area contributed by atoms with E-state index in [9.17, 15) is 0 Å². The third kappa shape index (κ3) is 1.47. The number of fused-ring (bicyclic) bond motifs is 1. The van der Waals surface area contributed by atoms with Gasteiger partial charge in [0.05, 0.1) is 14.7 Å². The molecule has 0 spiro atoms. The molecule has 0 amide bonds. The molecule has 0 aromatic heterocycles. The molecule has 0 aliphatic carbocycles. The fourth-order valence-electron chi connectivity index (χ4n) is 2.70. The molecule has 0 bridgehead atoms. The maximum Gasteiger partial charge on any atom is 0.108 e. The van der Waals surface area contributed by atoms with Crippen LogP contribution in [0.4, 0.5) is 0 Å². The Labute approximate surface area is 99.4 Å². The molecular formula is C14H20OSi. The first-order valence-electron chi connectivity index (χ1n) is 6.10. The molecule has 2 heteroatoms. The SMILES string of the molecule is CCc1c(C)c2c(C)c(C)coc-2[si]1CC. The fraction of sp³-hybridized carbons (Fsp3) is 0.500. The summed E-state index contributed by atoms with van der Waals surface area (Å²) in [6.45, 7) is 11.2. The van der Waals surface area contributed by atoms with Crippen molar-refractivity contribution in [1.29, 1.82) is 0 Å². The highest BCUT2D eigenvalue weighted by atomic mass is 28.2. The van der Waals surface area contributed by atoms with Gasteiger partial charge in [-0.3, -0.25) is 0 Å². The van der Waals surface area contributed by atoms with Crippen LogP contribution in [0.2, 0.25) is 0 Å². The number of hydrogen-bond acceptors (Lipinski definition) is 1. The molecule has 1 nitrogen and oxygen atoms in total. The summed E-state index contributed by atoms with van der Waals surface area (Å²) in [5, 5.41) is 2.96. The van der Waals surface area contributed by atoms with Gasteiger partial charge in [-0.1, -0.05) is 19.0 Å². The highest BCUT2D eigenvalue weighted by Gasteiger charge is 2.23. The summed E-state index contributed by atoms with van der Waals surface area (Å²) in [5.74, 6) is 0. The van der Waals surface area contributed by atoms with Gasteiger partial charge in [0.2, 0.25) is 0 Å². The van der Waals surface area contributed by atoms with E-state index in [-0.39, 0.29) is 0 Å². The van der Waals surface area contributed by atoms with Crippen LogP contribution in [0, 0.1) is 20.8 Å². The van der Waals surface area contributed by atoms with Crippen molar-refractivity contribution in [3.8, 4) is 10.9 Å². The van der Waals surface area contributed by atoms with Crippen LogP contribution in [0.25, 0.3) is 10.9 Å². The minimum atomic E-state index is -0.572. The molecule has 0 aromatic carbocycles. The summed E-state index contributed by atoms with van der Waals surface area (Å²) >= 11 is 0. The van der Waals surface area contributed by atoms with Crippen molar-refractivity contribution in [2.24, 2.45) is 0 Å². The van der Waals surface area contributed by atoms with E-state index < -0.39 is 8.40 Å². The van der Waals surface area contributed by atoms with E-state index in [1.807, 2.05) is 6.26 Å². The summed E-state index contributed by atoms with van der Waals surface area (Å²) in [7, 11) is -0.572. The van der Waals surface area contributed by atoms with Crippen molar-refractivity contribution in [2.75, 3.05) is 0 Å². The van der Waals surface area contributed by atoms with E-state index >= 15 is 0 Å². The average Bonchev–Trinajstić information content (AvgIpc) is 2.56. The van der Waals surface area contributed by atoms with Gasteiger partial charge in [0.25, 0.3) is 0 Å². The lowest BCUT2D eigenvalue weighted by Crippen LogP contribution is -2.03. The summed E-state index contributed by atoms with van der Waals surface area (Å²) in [4.78, 5) is 0. The second kappa shape index (κ2) is 4.17. The van der Waals surface area contributed by atoms with Crippen LogP contribution in [0.5, 0.6) is 0 Å². The van der Waals surface area contributed by atoms with Crippen molar-refractivity contribution < 1.29 is 4.42 Å². The molecule has 0 fully saturated rings.